The van der Waals surface area contributed by atoms with E-state index in [1.807, 2.05) is 0 Å². The van der Waals surface area contributed by atoms with E-state index in [2.05, 4.69) is 15.8 Å². The zero-order chi connectivity index (χ0) is 15.2. The molecule has 0 aliphatic carbocycles. The van der Waals surface area contributed by atoms with Gasteiger partial charge in [-0.2, -0.15) is 5.26 Å². The lowest BCUT2D eigenvalue weighted by molar-refractivity contribution is 0.0601. The average molecular weight is 283 g/mol. The Balaban J connectivity index is 2.23. The number of pyridine rings is 1. The van der Waals surface area contributed by atoms with E-state index in [4.69, 9.17) is 15.7 Å². The van der Waals surface area contributed by atoms with Crippen LogP contribution in [0.2, 0.25) is 0 Å². The maximum atomic E-state index is 11.5. The van der Waals surface area contributed by atoms with Gasteiger partial charge in [-0.1, -0.05) is 12.1 Å². The molecule has 6 nitrogen and oxygen atoms in total. The van der Waals surface area contributed by atoms with Crippen molar-refractivity contribution in [3.05, 3.63) is 47.7 Å². The Bertz CT molecular complexity index is 690. The average Bonchev–Trinajstić information content (AvgIpc) is 2.51. The number of nitriles is 1. The molecule has 0 unspecified atom stereocenters. The van der Waals surface area contributed by atoms with Crippen LogP contribution >= 0.6 is 0 Å². The molecule has 21 heavy (non-hydrogen) atoms. The highest BCUT2D eigenvalue weighted by Crippen LogP contribution is 2.28. The number of benzene rings is 1. The molecule has 0 bridgehead atoms. The van der Waals surface area contributed by atoms with E-state index in [-0.39, 0.29) is 17.1 Å². The zero-order valence-corrected chi connectivity index (χ0v) is 11.4. The predicted molar refractivity (Wildman–Crippen MR) is 75.8 cm³/mol. The monoisotopic (exact) mass is 283 g/mol. The van der Waals surface area contributed by atoms with Crippen LogP contribution < -0.4 is 10.5 Å². The molecule has 0 aliphatic heterocycles. The molecule has 1 heterocycles. The molecule has 0 aliphatic rings. The Morgan fingerprint density at radius 3 is 2.67 bits per heavy atom. The van der Waals surface area contributed by atoms with Gasteiger partial charge in [0.2, 0.25) is 5.88 Å². The standard InChI is InChI=1S/C15H13N3O3/c1-20-15(19)12-7-9-18-14(13(12)17)21-11-4-2-10(3-5-11)6-8-16/h2-5,7,9H,6,17H2,1H3. The van der Waals surface area contributed by atoms with Gasteiger partial charge in [0.05, 0.1) is 25.2 Å². The van der Waals surface area contributed by atoms with Gasteiger partial charge >= 0.3 is 5.97 Å². The molecule has 0 fully saturated rings. The third-order valence-electron chi connectivity index (χ3n) is 2.78. The summed E-state index contributed by atoms with van der Waals surface area (Å²) in [6, 6.07) is 10.5. The van der Waals surface area contributed by atoms with Crippen LogP contribution in [-0.2, 0) is 11.2 Å². The summed E-state index contributed by atoms with van der Waals surface area (Å²) in [6.07, 6.45) is 1.75. The Labute approximate surface area is 121 Å². The zero-order valence-electron chi connectivity index (χ0n) is 11.4. The van der Waals surface area contributed by atoms with Crippen molar-refractivity contribution in [1.29, 1.82) is 5.26 Å². The van der Waals surface area contributed by atoms with Gasteiger partial charge in [0.25, 0.3) is 0 Å². The van der Waals surface area contributed by atoms with Gasteiger partial charge in [0.15, 0.2) is 0 Å². The highest BCUT2D eigenvalue weighted by Gasteiger charge is 2.15. The minimum atomic E-state index is -0.552. The van der Waals surface area contributed by atoms with Gasteiger partial charge in [-0.15, -0.1) is 0 Å². The first-order chi connectivity index (χ1) is 10.2. The molecule has 0 spiro atoms. The van der Waals surface area contributed by atoms with Crippen LogP contribution in [0, 0.1) is 11.3 Å². The number of hydrogen-bond acceptors (Lipinski definition) is 6. The van der Waals surface area contributed by atoms with Gasteiger partial charge in [-0.25, -0.2) is 9.78 Å². The lowest BCUT2D eigenvalue weighted by Gasteiger charge is -2.10. The van der Waals surface area contributed by atoms with E-state index in [1.54, 1.807) is 24.3 Å². The van der Waals surface area contributed by atoms with Gasteiger partial charge in [-0.3, -0.25) is 0 Å². The third kappa shape index (κ3) is 3.28. The maximum Gasteiger partial charge on any atom is 0.340 e. The summed E-state index contributed by atoms with van der Waals surface area (Å²) in [5.41, 5.74) is 7.05. The number of rotatable bonds is 4. The van der Waals surface area contributed by atoms with Crippen molar-refractivity contribution in [1.82, 2.24) is 4.98 Å². The first kappa shape index (κ1) is 14.3. The summed E-state index contributed by atoms with van der Waals surface area (Å²) in [6.45, 7) is 0. The number of esters is 1. The largest absolute Gasteiger partial charge is 0.465 e. The predicted octanol–water partition coefficient (Wildman–Crippen LogP) is 2.31. The van der Waals surface area contributed by atoms with Crippen LogP contribution in [0.4, 0.5) is 5.69 Å². The van der Waals surface area contributed by atoms with Crippen LogP contribution in [0.3, 0.4) is 0 Å². The van der Waals surface area contributed by atoms with Crippen molar-refractivity contribution < 1.29 is 14.3 Å². The second-order valence-electron chi connectivity index (χ2n) is 4.15. The summed E-state index contributed by atoms with van der Waals surface area (Å²) in [5.74, 6) is 0.0907. The number of anilines is 1. The summed E-state index contributed by atoms with van der Waals surface area (Å²) in [5, 5.41) is 8.61. The molecule has 1 aromatic heterocycles. The number of methoxy groups -OCH3 is 1. The quantitative estimate of drug-likeness (QED) is 0.864. The summed E-state index contributed by atoms with van der Waals surface area (Å²) < 4.78 is 10.2. The number of carbonyl (C=O) groups excluding carboxylic acids is 1. The number of carbonyl (C=O) groups is 1. The minimum absolute atomic E-state index is 0.116. The highest BCUT2D eigenvalue weighted by atomic mass is 16.5. The fourth-order valence-corrected chi connectivity index (χ4v) is 1.70. The van der Waals surface area contributed by atoms with E-state index >= 15 is 0 Å². The van der Waals surface area contributed by atoms with Gasteiger partial charge < -0.3 is 15.2 Å². The lowest BCUT2D eigenvalue weighted by atomic mass is 10.2. The fraction of sp³-hybridized carbons (Fsp3) is 0.133. The normalized spacial score (nSPS) is 9.71. The van der Waals surface area contributed by atoms with Crippen molar-refractivity contribution in [3.8, 4) is 17.7 Å². The van der Waals surface area contributed by atoms with E-state index in [9.17, 15) is 4.79 Å². The van der Waals surface area contributed by atoms with Crippen molar-refractivity contribution in [2.24, 2.45) is 0 Å². The fourth-order valence-electron chi connectivity index (χ4n) is 1.70. The molecule has 0 saturated carbocycles. The molecular weight excluding hydrogens is 270 g/mol. The molecule has 6 heteroatoms. The number of ether oxygens (including phenoxy) is 2. The van der Waals surface area contributed by atoms with E-state index in [0.29, 0.717) is 12.2 Å². The molecular formula is C15H13N3O3. The molecule has 2 rings (SSSR count). The van der Waals surface area contributed by atoms with Crippen LogP contribution in [-0.4, -0.2) is 18.1 Å². The first-order valence-corrected chi connectivity index (χ1v) is 6.12. The van der Waals surface area contributed by atoms with Crippen LogP contribution in [0.15, 0.2) is 36.5 Å². The van der Waals surface area contributed by atoms with E-state index < -0.39 is 5.97 Å². The van der Waals surface area contributed by atoms with Gasteiger partial charge in [0.1, 0.15) is 11.4 Å². The SMILES string of the molecule is COC(=O)c1ccnc(Oc2ccc(CC#N)cc2)c1N. The number of nitrogen functional groups attached to an aromatic ring is 1. The molecule has 1 aromatic carbocycles. The van der Waals surface area contributed by atoms with Crippen molar-refractivity contribution in [3.63, 3.8) is 0 Å². The number of nitrogens with two attached hydrogens (primary N) is 1. The second-order valence-corrected chi connectivity index (χ2v) is 4.15. The third-order valence-corrected chi connectivity index (χ3v) is 2.78. The summed E-state index contributed by atoms with van der Waals surface area (Å²) >= 11 is 0. The Morgan fingerprint density at radius 1 is 1.33 bits per heavy atom. The van der Waals surface area contributed by atoms with Crippen molar-refractivity contribution in [2.75, 3.05) is 12.8 Å². The number of nitrogens with zero attached hydrogens (tertiary/aromatic N) is 2. The molecule has 2 aromatic rings. The number of aromatic nitrogens is 1. The maximum absolute atomic E-state index is 11.5. The molecule has 0 amide bonds. The molecule has 0 atom stereocenters. The van der Waals surface area contributed by atoms with Gasteiger partial charge in [-0.05, 0) is 23.8 Å². The van der Waals surface area contributed by atoms with Crippen molar-refractivity contribution >= 4 is 11.7 Å². The number of hydrogen-bond donors (Lipinski definition) is 1. The molecule has 0 saturated heterocycles. The topological polar surface area (TPSA) is 98.2 Å². The summed E-state index contributed by atoms with van der Waals surface area (Å²) in [7, 11) is 1.27. The van der Waals surface area contributed by atoms with Crippen LogP contribution in [0.25, 0.3) is 0 Å². The van der Waals surface area contributed by atoms with Gasteiger partial charge in [0, 0.05) is 6.20 Å². The highest BCUT2D eigenvalue weighted by molar-refractivity contribution is 5.96. The molecule has 106 valence electrons. The summed E-state index contributed by atoms with van der Waals surface area (Å²) in [4.78, 5) is 15.5. The van der Waals surface area contributed by atoms with Crippen LogP contribution in [0.5, 0.6) is 11.6 Å². The van der Waals surface area contributed by atoms with E-state index in [1.165, 1.54) is 19.4 Å². The molecule has 0 radical (unpaired) electrons. The smallest absolute Gasteiger partial charge is 0.340 e. The Kier molecular flexibility index (Phi) is 4.36. The minimum Gasteiger partial charge on any atom is -0.465 e. The van der Waals surface area contributed by atoms with Crippen LogP contribution in [0.1, 0.15) is 15.9 Å². The first-order valence-electron chi connectivity index (χ1n) is 6.12. The lowest BCUT2D eigenvalue weighted by Crippen LogP contribution is -2.07. The second kappa shape index (κ2) is 6.39. The molecule has 2 N–H and O–H groups in total. The Hall–Kier alpha value is -3.07. The Morgan fingerprint density at radius 2 is 2.05 bits per heavy atom. The van der Waals surface area contributed by atoms with E-state index in [0.717, 1.165) is 5.56 Å². The van der Waals surface area contributed by atoms with Crippen molar-refractivity contribution in [2.45, 2.75) is 6.42 Å².